The van der Waals surface area contributed by atoms with Crippen molar-refractivity contribution in [1.82, 2.24) is 10.3 Å². The molecule has 2 aromatic carbocycles. The van der Waals surface area contributed by atoms with E-state index in [1.54, 1.807) is 12.1 Å². The highest BCUT2D eigenvalue weighted by Crippen LogP contribution is 2.41. The average molecular weight is 505 g/mol. The lowest BCUT2D eigenvalue weighted by atomic mass is 9.81. The quantitative estimate of drug-likeness (QED) is 0.384. The molecule has 0 aliphatic carbocycles. The summed E-state index contributed by atoms with van der Waals surface area (Å²) in [5, 5.41) is 5.37. The number of esters is 1. The number of rotatable bonds is 5. The summed E-state index contributed by atoms with van der Waals surface area (Å²) in [6, 6.07) is 11.3. The Hall–Kier alpha value is -4.35. The standard InChI is InChI=1S/C24H19F4N3O5/c1-34-21(32)14-4-2-5-16(12-14)30-22(33)31-23(9-11-35-19-6-3-10-29-20(19)23)15-7-8-18(17(25)13-15)36-24(26,27)28/h2-8,10,12-13H,9,11H2,1H3,(H2,30,31,33). The summed E-state index contributed by atoms with van der Waals surface area (Å²) < 4.78 is 66.6. The van der Waals surface area contributed by atoms with Crippen LogP contribution in [0.5, 0.6) is 11.5 Å². The highest BCUT2D eigenvalue weighted by Gasteiger charge is 2.43. The summed E-state index contributed by atoms with van der Waals surface area (Å²) in [6.45, 7) is 0.0964. The molecule has 0 radical (unpaired) electrons. The van der Waals surface area contributed by atoms with Crippen LogP contribution in [0.1, 0.15) is 28.0 Å². The summed E-state index contributed by atoms with van der Waals surface area (Å²) in [5.41, 5.74) is -0.643. The number of carbonyl (C=O) groups is 2. The number of hydrogen-bond donors (Lipinski definition) is 2. The third-order valence-electron chi connectivity index (χ3n) is 5.43. The van der Waals surface area contributed by atoms with Crippen LogP contribution in [0.2, 0.25) is 0 Å². The molecule has 1 aromatic heterocycles. The van der Waals surface area contributed by atoms with Crippen LogP contribution in [0.4, 0.5) is 28.0 Å². The predicted octanol–water partition coefficient (Wildman–Crippen LogP) is 4.75. The summed E-state index contributed by atoms with van der Waals surface area (Å²) in [5.74, 6) is -2.58. The molecule has 188 valence electrons. The van der Waals surface area contributed by atoms with Crippen LogP contribution in [-0.4, -0.2) is 37.1 Å². The van der Waals surface area contributed by atoms with Crippen molar-refractivity contribution >= 4 is 17.7 Å². The van der Waals surface area contributed by atoms with Gasteiger partial charge in [-0.25, -0.2) is 14.0 Å². The van der Waals surface area contributed by atoms with E-state index >= 15 is 0 Å². The minimum atomic E-state index is -5.08. The SMILES string of the molecule is COC(=O)c1cccc(NC(=O)NC2(c3ccc(OC(F)(F)F)c(F)c3)CCOc3cccnc32)c1. The fraction of sp³-hybridized carbons (Fsp3) is 0.208. The lowest BCUT2D eigenvalue weighted by Crippen LogP contribution is -2.51. The topological polar surface area (TPSA) is 98.8 Å². The van der Waals surface area contributed by atoms with E-state index in [2.05, 4.69) is 25.1 Å². The number of pyridine rings is 1. The fourth-order valence-electron chi connectivity index (χ4n) is 3.91. The number of ether oxygens (including phenoxy) is 3. The lowest BCUT2D eigenvalue weighted by Gasteiger charge is -2.39. The zero-order valence-electron chi connectivity index (χ0n) is 18.7. The van der Waals surface area contributed by atoms with Crippen LogP contribution in [-0.2, 0) is 10.3 Å². The Labute approximate surface area is 202 Å². The molecule has 8 nitrogen and oxygen atoms in total. The molecular formula is C24H19F4N3O5. The third-order valence-corrected chi connectivity index (χ3v) is 5.43. The van der Waals surface area contributed by atoms with Crippen molar-refractivity contribution in [3.63, 3.8) is 0 Å². The maximum absolute atomic E-state index is 14.7. The summed E-state index contributed by atoms with van der Waals surface area (Å²) in [7, 11) is 1.22. The number of aromatic nitrogens is 1. The first kappa shape index (κ1) is 24.8. The molecule has 1 aliphatic heterocycles. The van der Waals surface area contributed by atoms with Gasteiger partial charge in [-0.3, -0.25) is 4.98 Å². The number of benzene rings is 2. The second-order valence-electron chi connectivity index (χ2n) is 7.70. The molecule has 0 saturated carbocycles. The van der Waals surface area contributed by atoms with Crippen molar-refractivity contribution in [3.05, 3.63) is 83.4 Å². The van der Waals surface area contributed by atoms with Crippen LogP contribution in [0.3, 0.4) is 0 Å². The second kappa shape index (κ2) is 9.72. The Morgan fingerprint density at radius 3 is 2.64 bits per heavy atom. The molecular weight excluding hydrogens is 486 g/mol. The first-order valence-corrected chi connectivity index (χ1v) is 10.5. The van der Waals surface area contributed by atoms with E-state index in [-0.39, 0.29) is 35.5 Å². The molecule has 0 fully saturated rings. The van der Waals surface area contributed by atoms with Gasteiger partial charge in [-0.1, -0.05) is 12.1 Å². The number of fused-ring (bicyclic) bond motifs is 1. The smallest absolute Gasteiger partial charge is 0.491 e. The second-order valence-corrected chi connectivity index (χ2v) is 7.70. The average Bonchev–Trinajstić information content (AvgIpc) is 2.84. The molecule has 2 heterocycles. The Morgan fingerprint density at radius 1 is 1.11 bits per heavy atom. The first-order valence-electron chi connectivity index (χ1n) is 10.5. The fourth-order valence-corrected chi connectivity index (χ4v) is 3.91. The van der Waals surface area contributed by atoms with Gasteiger partial charge in [0.25, 0.3) is 0 Å². The molecule has 2 amide bonds. The van der Waals surface area contributed by atoms with Gasteiger partial charge in [-0.2, -0.15) is 0 Å². The minimum absolute atomic E-state index is 0.0888. The number of anilines is 1. The van der Waals surface area contributed by atoms with Gasteiger partial charge in [-0.15, -0.1) is 13.2 Å². The molecule has 1 aliphatic rings. The van der Waals surface area contributed by atoms with Gasteiger partial charge in [0.05, 0.1) is 19.3 Å². The van der Waals surface area contributed by atoms with Crippen molar-refractivity contribution in [2.24, 2.45) is 0 Å². The normalized spacial score (nSPS) is 16.8. The van der Waals surface area contributed by atoms with E-state index in [0.29, 0.717) is 5.75 Å². The van der Waals surface area contributed by atoms with E-state index < -0.39 is 35.5 Å². The van der Waals surface area contributed by atoms with Crippen molar-refractivity contribution in [3.8, 4) is 11.5 Å². The van der Waals surface area contributed by atoms with E-state index in [9.17, 15) is 27.2 Å². The van der Waals surface area contributed by atoms with Crippen molar-refractivity contribution in [2.45, 2.75) is 18.3 Å². The summed E-state index contributed by atoms with van der Waals surface area (Å²) in [6.07, 6.45) is -3.55. The van der Waals surface area contributed by atoms with E-state index in [4.69, 9.17) is 4.74 Å². The first-order chi connectivity index (χ1) is 17.1. The van der Waals surface area contributed by atoms with Gasteiger partial charge in [0.15, 0.2) is 11.6 Å². The molecule has 2 N–H and O–H groups in total. The highest BCUT2D eigenvalue weighted by molar-refractivity contribution is 5.94. The van der Waals surface area contributed by atoms with Gasteiger partial charge >= 0.3 is 18.4 Å². The van der Waals surface area contributed by atoms with E-state index in [1.807, 2.05) is 0 Å². The van der Waals surface area contributed by atoms with Crippen molar-refractivity contribution in [2.75, 3.05) is 19.0 Å². The van der Waals surface area contributed by atoms with Crippen LogP contribution < -0.4 is 20.1 Å². The van der Waals surface area contributed by atoms with Gasteiger partial charge in [0.1, 0.15) is 17.0 Å². The summed E-state index contributed by atoms with van der Waals surface area (Å²) in [4.78, 5) is 29.2. The van der Waals surface area contributed by atoms with Gasteiger partial charge in [-0.05, 0) is 48.0 Å². The monoisotopic (exact) mass is 505 g/mol. The van der Waals surface area contributed by atoms with Crippen molar-refractivity contribution < 1.29 is 41.4 Å². The maximum atomic E-state index is 14.7. The molecule has 3 aromatic rings. The largest absolute Gasteiger partial charge is 0.573 e. The van der Waals surface area contributed by atoms with Gasteiger partial charge in [0.2, 0.25) is 0 Å². The molecule has 36 heavy (non-hydrogen) atoms. The number of methoxy groups -OCH3 is 1. The van der Waals surface area contributed by atoms with E-state index in [1.165, 1.54) is 43.6 Å². The van der Waals surface area contributed by atoms with Gasteiger partial charge in [0, 0.05) is 18.3 Å². The Balaban J connectivity index is 1.71. The number of urea groups is 1. The maximum Gasteiger partial charge on any atom is 0.573 e. The number of amides is 2. The number of hydrogen-bond acceptors (Lipinski definition) is 6. The zero-order valence-corrected chi connectivity index (χ0v) is 18.7. The molecule has 12 heteroatoms. The molecule has 0 saturated heterocycles. The van der Waals surface area contributed by atoms with Crippen molar-refractivity contribution in [1.29, 1.82) is 0 Å². The predicted molar refractivity (Wildman–Crippen MR) is 118 cm³/mol. The molecule has 1 unspecified atom stereocenters. The molecule has 0 bridgehead atoms. The Morgan fingerprint density at radius 2 is 1.92 bits per heavy atom. The summed E-state index contributed by atoms with van der Waals surface area (Å²) >= 11 is 0. The molecule has 1 atom stereocenters. The molecule has 0 spiro atoms. The zero-order chi connectivity index (χ0) is 25.9. The van der Waals surface area contributed by atoms with Crippen LogP contribution in [0, 0.1) is 5.82 Å². The van der Waals surface area contributed by atoms with Crippen LogP contribution in [0.25, 0.3) is 0 Å². The van der Waals surface area contributed by atoms with Crippen LogP contribution in [0.15, 0.2) is 60.8 Å². The number of alkyl halides is 3. The van der Waals surface area contributed by atoms with E-state index in [0.717, 1.165) is 12.1 Å². The molecule has 4 rings (SSSR count). The Kier molecular flexibility index (Phi) is 6.69. The number of nitrogens with zero attached hydrogens (tertiary/aromatic N) is 1. The van der Waals surface area contributed by atoms with Crippen LogP contribution >= 0.6 is 0 Å². The lowest BCUT2D eigenvalue weighted by molar-refractivity contribution is -0.275. The number of nitrogens with one attached hydrogen (secondary N) is 2. The number of halogens is 4. The third kappa shape index (κ3) is 5.16. The van der Waals surface area contributed by atoms with Gasteiger partial charge < -0.3 is 24.8 Å². The minimum Gasteiger partial charge on any atom is -0.491 e. The Bertz CT molecular complexity index is 1300. The number of carbonyl (C=O) groups excluding carboxylic acids is 2. The highest BCUT2D eigenvalue weighted by atomic mass is 19.4.